The summed E-state index contributed by atoms with van der Waals surface area (Å²) in [5.41, 5.74) is 0.321. The fourth-order valence-electron chi connectivity index (χ4n) is 2.34. The van der Waals surface area contributed by atoms with Gasteiger partial charge in [-0.25, -0.2) is 8.42 Å². The largest absolute Gasteiger partial charge is 0.367 e. The molecule has 6 nitrogen and oxygen atoms in total. The summed E-state index contributed by atoms with van der Waals surface area (Å²) >= 11 is 1.42. The van der Waals surface area contributed by atoms with E-state index >= 15 is 0 Å². The van der Waals surface area contributed by atoms with Crippen molar-refractivity contribution in [3.63, 3.8) is 0 Å². The second-order valence-electron chi connectivity index (χ2n) is 5.51. The van der Waals surface area contributed by atoms with Crippen molar-refractivity contribution in [2.45, 2.75) is 4.90 Å². The summed E-state index contributed by atoms with van der Waals surface area (Å²) < 4.78 is 28.6. The van der Waals surface area contributed by atoms with Gasteiger partial charge in [-0.3, -0.25) is 4.79 Å². The molecule has 0 radical (unpaired) electrons. The Morgan fingerprint density at radius 3 is 2.72 bits per heavy atom. The molecule has 1 heterocycles. The molecule has 0 fully saturated rings. The molecule has 0 unspecified atom stereocenters. The molecule has 2 aromatic carbocycles. The van der Waals surface area contributed by atoms with Gasteiger partial charge in [0.2, 0.25) is 0 Å². The van der Waals surface area contributed by atoms with Crippen molar-refractivity contribution in [3.05, 3.63) is 54.1 Å². The molecule has 3 aromatic rings. The highest BCUT2D eigenvalue weighted by Gasteiger charge is 2.11. The van der Waals surface area contributed by atoms with Gasteiger partial charge in [0.25, 0.3) is 5.91 Å². The van der Waals surface area contributed by atoms with Gasteiger partial charge in [0.05, 0.1) is 9.60 Å². The number of anilines is 1. The topological polar surface area (TPSA) is 88.2 Å². The third-order valence-electron chi connectivity index (χ3n) is 3.60. The zero-order chi connectivity index (χ0) is 17.9. The smallest absolute Gasteiger partial charge is 0.251 e. The Morgan fingerprint density at radius 1 is 1.12 bits per heavy atom. The molecule has 8 heteroatoms. The second-order valence-corrected chi connectivity index (χ2v) is 8.33. The lowest BCUT2D eigenvalue weighted by Crippen LogP contribution is -2.28. The van der Waals surface area contributed by atoms with Crippen LogP contribution < -0.4 is 10.6 Å². The molecule has 2 N–H and O–H groups in total. The highest BCUT2D eigenvalue weighted by atomic mass is 32.2. The number of fused-ring (bicyclic) bond motifs is 1. The fourth-order valence-corrected chi connectivity index (χ4v) is 3.76. The molecule has 130 valence electrons. The molecule has 0 saturated carbocycles. The van der Waals surface area contributed by atoms with Crippen LogP contribution in [0.5, 0.6) is 0 Å². The summed E-state index contributed by atoms with van der Waals surface area (Å²) in [4.78, 5) is 12.3. The van der Waals surface area contributed by atoms with E-state index in [0.29, 0.717) is 18.7 Å². The van der Waals surface area contributed by atoms with Crippen molar-refractivity contribution in [1.29, 1.82) is 0 Å². The third-order valence-corrected chi connectivity index (χ3v) is 5.54. The lowest BCUT2D eigenvalue weighted by Gasteiger charge is -2.07. The predicted molar refractivity (Wildman–Crippen MR) is 100.0 cm³/mol. The van der Waals surface area contributed by atoms with E-state index in [1.807, 2.05) is 24.3 Å². The Bertz CT molecular complexity index is 1010. The molecular formula is C17H17N3O3S2. The van der Waals surface area contributed by atoms with Crippen molar-refractivity contribution in [2.75, 3.05) is 24.7 Å². The number of carbonyl (C=O) groups is 1. The highest BCUT2D eigenvalue weighted by Crippen LogP contribution is 2.25. The monoisotopic (exact) mass is 375 g/mol. The molecule has 1 aromatic heterocycles. The van der Waals surface area contributed by atoms with Gasteiger partial charge in [0.15, 0.2) is 9.84 Å². The highest BCUT2D eigenvalue weighted by molar-refractivity contribution is 7.90. The van der Waals surface area contributed by atoms with E-state index in [1.165, 1.54) is 23.7 Å². The number of rotatable bonds is 6. The Kier molecular flexibility index (Phi) is 5.00. The first-order valence-electron chi connectivity index (χ1n) is 7.62. The van der Waals surface area contributed by atoms with Crippen LogP contribution in [0.25, 0.3) is 10.1 Å². The van der Waals surface area contributed by atoms with Crippen LogP contribution >= 0.6 is 11.5 Å². The summed E-state index contributed by atoms with van der Waals surface area (Å²) in [6.45, 7) is 0.916. The minimum Gasteiger partial charge on any atom is -0.367 e. The number of carbonyl (C=O) groups excluding carboxylic acids is 1. The first-order valence-corrected chi connectivity index (χ1v) is 10.3. The Morgan fingerprint density at radius 2 is 1.92 bits per heavy atom. The van der Waals surface area contributed by atoms with Crippen LogP contribution in [0.1, 0.15) is 10.4 Å². The lowest BCUT2D eigenvalue weighted by molar-refractivity contribution is 0.0955. The van der Waals surface area contributed by atoms with Gasteiger partial charge in [-0.1, -0.05) is 18.2 Å². The molecule has 0 aliphatic carbocycles. The second kappa shape index (κ2) is 7.20. The van der Waals surface area contributed by atoms with Crippen molar-refractivity contribution < 1.29 is 13.2 Å². The zero-order valence-electron chi connectivity index (χ0n) is 13.5. The van der Waals surface area contributed by atoms with E-state index in [2.05, 4.69) is 15.0 Å². The van der Waals surface area contributed by atoms with Crippen LogP contribution in [-0.2, 0) is 9.84 Å². The van der Waals surface area contributed by atoms with Crippen molar-refractivity contribution in [3.8, 4) is 0 Å². The van der Waals surface area contributed by atoms with Gasteiger partial charge >= 0.3 is 0 Å². The van der Waals surface area contributed by atoms with Gasteiger partial charge in [-0.2, -0.15) is 4.37 Å². The normalized spacial score (nSPS) is 11.4. The first kappa shape index (κ1) is 17.4. The van der Waals surface area contributed by atoms with Gasteiger partial charge in [-0.05, 0) is 41.9 Å². The van der Waals surface area contributed by atoms with E-state index in [0.717, 1.165) is 22.2 Å². The standard InChI is InChI=1S/C17H17N3O3S2/c1-25(22,23)13-6-4-5-12(11-13)17(21)19-10-9-18-16-14-7-2-3-8-15(14)24-20-16/h2-8,11H,9-10H2,1H3,(H,18,20)(H,19,21). The number of aromatic nitrogens is 1. The predicted octanol–water partition coefficient (Wildman–Crippen LogP) is 2.54. The van der Waals surface area contributed by atoms with Crippen LogP contribution in [0.15, 0.2) is 53.4 Å². The maximum atomic E-state index is 12.2. The van der Waals surface area contributed by atoms with Crippen LogP contribution in [0.4, 0.5) is 5.82 Å². The molecule has 0 atom stereocenters. The van der Waals surface area contributed by atoms with Gasteiger partial charge in [0, 0.05) is 30.3 Å². The van der Waals surface area contributed by atoms with E-state index in [9.17, 15) is 13.2 Å². The van der Waals surface area contributed by atoms with Crippen LogP contribution in [0, 0.1) is 0 Å². The Hall–Kier alpha value is -2.45. The summed E-state index contributed by atoms with van der Waals surface area (Å²) in [6, 6.07) is 13.9. The minimum absolute atomic E-state index is 0.132. The Labute approximate surface area is 150 Å². The maximum Gasteiger partial charge on any atom is 0.251 e. The SMILES string of the molecule is CS(=O)(=O)c1cccc(C(=O)NCCNc2nsc3ccccc23)c1. The van der Waals surface area contributed by atoms with E-state index < -0.39 is 9.84 Å². The van der Waals surface area contributed by atoms with Gasteiger partial charge in [0.1, 0.15) is 5.82 Å². The number of benzene rings is 2. The molecule has 25 heavy (non-hydrogen) atoms. The Balaban J connectivity index is 1.56. The summed E-state index contributed by atoms with van der Waals surface area (Å²) in [5.74, 6) is 0.490. The summed E-state index contributed by atoms with van der Waals surface area (Å²) in [7, 11) is -3.33. The minimum atomic E-state index is -3.33. The number of nitrogens with zero attached hydrogens (tertiary/aromatic N) is 1. The summed E-state index contributed by atoms with van der Waals surface area (Å²) in [6.07, 6.45) is 1.12. The average Bonchev–Trinajstić information content (AvgIpc) is 3.01. The molecule has 0 spiro atoms. The fraction of sp³-hybridized carbons (Fsp3) is 0.176. The van der Waals surface area contributed by atoms with Crippen molar-refractivity contribution in [1.82, 2.24) is 9.69 Å². The molecular weight excluding hydrogens is 358 g/mol. The number of nitrogens with one attached hydrogen (secondary N) is 2. The van der Waals surface area contributed by atoms with E-state index in [4.69, 9.17) is 0 Å². The van der Waals surface area contributed by atoms with E-state index in [-0.39, 0.29) is 10.8 Å². The molecule has 0 aliphatic rings. The molecule has 0 bridgehead atoms. The number of sulfone groups is 1. The third kappa shape index (κ3) is 4.15. The van der Waals surface area contributed by atoms with Crippen molar-refractivity contribution >= 4 is 43.2 Å². The van der Waals surface area contributed by atoms with E-state index in [1.54, 1.807) is 12.1 Å². The van der Waals surface area contributed by atoms with Crippen molar-refractivity contribution in [2.24, 2.45) is 0 Å². The molecule has 0 aliphatic heterocycles. The first-order chi connectivity index (χ1) is 11.9. The molecule has 1 amide bonds. The van der Waals surface area contributed by atoms with Crippen LogP contribution in [0.2, 0.25) is 0 Å². The zero-order valence-corrected chi connectivity index (χ0v) is 15.2. The maximum absolute atomic E-state index is 12.2. The number of hydrogen-bond donors (Lipinski definition) is 2. The van der Waals surface area contributed by atoms with Crippen LogP contribution in [-0.4, -0.2) is 38.0 Å². The number of hydrogen-bond acceptors (Lipinski definition) is 6. The molecule has 0 saturated heterocycles. The quantitative estimate of drug-likeness (QED) is 0.647. The van der Waals surface area contributed by atoms with Crippen LogP contribution in [0.3, 0.4) is 0 Å². The average molecular weight is 375 g/mol. The number of amides is 1. The van der Waals surface area contributed by atoms with Gasteiger partial charge < -0.3 is 10.6 Å². The lowest BCUT2D eigenvalue weighted by atomic mass is 10.2. The summed E-state index contributed by atoms with van der Waals surface area (Å²) in [5, 5.41) is 7.02. The molecule has 3 rings (SSSR count). The van der Waals surface area contributed by atoms with Gasteiger partial charge in [-0.15, -0.1) is 0 Å².